The minimum Gasteiger partial charge on any atom is -0.366 e. The summed E-state index contributed by atoms with van der Waals surface area (Å²) in [6, 6.07) is 0. The lowest BCUT2D eigenvalue weighted by Gasteiger charge is -2.33. The predicted molar refractivity (Wildman–Crippen MR) is 61.6 cm³/mol. The number of aliphatic hydroxyl groups is 1. The van der Waals surface area contributed by atoms with E-state index in [1.807, 2.05) is 0 Å². The van der Waals surface area contributed by atoms with Crippen molar-refractivity contribution in [1.29, 1.82) is 0 Å². The summed E-state index contributed by atoms with van der Waals surface area (Å²) in [6.45, 7) is 8.75. The average Bonchev–Trinajstić information content (AvgIpc) is 2.62. The van der Waals surface area contributed by atoms with Crippen molar-refractivity contribution in [3.63, 3.8) is 0 Å². The van der Waals surface area contributed by atoms with Gasteiger partial charge in [-0.1, -0.05) is 27.7 Å². The highest BCUT2D eigenvalue weighted by Gasteiger charge is 2.42. The first-order chi connectivity index (χ1) is 6.26. The second-order valence-corrected chi connectivity index (χ2v) is 6.54. The van der Waals surface area contributed by atoms with Gasteiger partial charge in [-0.25, -0.2) is 0 Å². The summed E-state index contributed by atoms with van der Waals surface area (Å²) in [4.78, 5) is 0. The number of thiol groups is 1. The molecule has 2 nitrogen and oxygen atoms in total. The fraction of sp³-hybridized carbons (Fsp3) is 1.00. The Balaban J connectivity index is 2.40. The van der Waals surface area contributed by atoms with Crippen molar-refractivity contribution >= 4 is 12.6 Å². The molecule has 0 radical (unpaired) electrons. The number of hydrogen-bond donors (Lipinski definition) is 2. The first-order valence-electron chi connectivity index (χ1n) is 5.32. The Morgan fingerprint density at radius 2 is 1.86 bits per heavy atom. The van der Waals surface area contributed by atoms with Crippen LogP contribution in [0.3, 0.4) is 0 Å². The lowest BCUT2D eigenvalue weighted by atomic mass is 9.78. The molecular weight excluding hydrogens is 196 g/mol. The highest BCUT2D eigenvalue weighted by molar-refractivity contribution is 7.81. The fourth-order valence-corrected chi connectivity index (χ4v) is 2.48. The van der Waals surface area contributed by atoms with E-state index < -0.39 is 6.29 Å². The minimum atomic E-state index is -0.512. The number of epoxide rings is 1. The smallest absolute Gasteiger partial charge is 0.181 e. The summed E-state index contributed by atoms with van der Waals surface area (Å²) in [5, 5.41) is 9.10. The first-order valence-corrected chi connectivity index (χ1v) is 5.76. The standard InChI is InChI=1S/C11H22O2S/c1-5-11(4,14)7-10(2,3)6-8-9(12)13-8/h8-9,12,14H,5-7H2,1-4H3. The molecule has 0 amide bonds. The molecule has 0 aromatic heterocycles. The lowest BCUT2D eigenvalue weighted by molar-refractivity contribution is 0.155. The number of hydrogen-bond acceptors (Lipinski definition) is 3. The van der Waals surface area contributed by atoms with Crippen molar-refractivity contribution in [2.24, 2.45) is 5.41 Å². The molecule has 1 rings (SSSR count). The van der Waals surface area contributed by atoms with E-state index in [2.05, 4.69) is 40.3 Å². The van der Waals surface area contributed by atoms with E-state index >= 15 is 0 Å². The van der Waals surface area contributed by atoms with Crippen LogP contribution in [0.5, 0.6) is 0 Å². The maximum absolute atomic E-state index is 9.10. The zero-order valence-corrected chi connectivity index (χ0v) is 10.5. The van der Waals surface area contributed by atoms with E-state index in [9.17, 15) is 0 Å². The van der Waals surface area contributed by atoms with Crippen LogP contribution >= 0.6 is 12.6 Å². The highest BCUT2D eigenvalue weighted by atomic mass is 32.1. The Morgan fingerprint density at radius 1 is 1.36 bits per heavy atom. The van der Waals surface area contributed by atoms with Gasteiger partial charge in [0.2, 0.25) is 0 Å². The summed E-state index contributed by atoms with van der Waals surface area (Å²) < 4.78 is 5.12. The van der Waals surface area contributed by atoms with E-state index in [4.69, 9.17) is 9.84 Å². The third kappa shape index (κ3) is 3.79. The van der Waals surface area contributed by atoms with Gasteiger partial charge in [0.15, 0.2) is 6.29 Å². The molecule has 1 heterocycles. The number of aliphatic hydroxyl groups excluding tert-OH is 1. The van der Waals surface area contributed by atoms with Crippen LogP contribution in [-0.2, 0) is 4.74 Å². The second kappa shape index (κ2) is 4.03. The molecule has 1 aliphatic heterocycles. The van der Waals surface area contributed by atoms with Gasteiger partial charge in [-0.3, -0.25) is 0 Å². The summed E-state index contributed by atoms with van der Waals surface area (Å²) in [7, 11) is 0. The van der Waals surface area contributed by atoms with Gasteiger partial charge in [0.1, 0.15) is 6.10 Å². The lowest BCUT2D eigenvalue weighted by Crippen LogP contribution is -2.27. The monoisotopic (exact) mass is 218 g/mol. The highest BCUT2D eigenvalue weighted by Crippen LogP contribution is 2.41. The van der Waals surface area contributed by atoms with Gasteiger partial charge in [0.25, 0.3) is 0 Å². The molecule has 0 bridgehead atoms. The van der Waals surface area contributed by atoms with Crippen LogP contribution in [0.1, 0.15) is 47.0 Å². The third-order valence-corrected chi connectivity index (χ3v) is 3.40. The zero-order chi connectivity index (χ0) is 11.0. The molecule has 0 saturated carbocycles. The summed E-state index contributed by atoms with van der Waals surface area (Å²) >= 11 is 4.64. The van der Waals surface area contributed by atoms with Crippen molar-refractivity contribution in [1.82, 2.24) is 0 Å². The van der Waals surface area contributed by atoms with Gasteiger partial charge in [-0.2, -0.15) is 12.6 Å². The molecule has 0 spiro atoms. The van der Waals surface area contributed by atoms with Crippen LogP contribution in [-0.4, -0.2) is 22.2 Å². The maximum Gasteiger partial charge on any atom is 0.181 e. The molecule has 3 atom stereocenters. The van der Waals surface area contributed by atoms with Crippen molar-refractivity contribution in [2.45, 2.75) is 64.1 Å². The second-order valence-electron chi connectivity index (χ2n) is 5.46. The minimum absolute atomic E-state index is 0.0611. The largest absolute Gasteiger partial charge is 0.366 e. The van der Waals surface area contributed by atoms with Crippen LogP contribution in [0, 0.1) is 5.41 Å². The van der Waals surface area contributed by atoms with Crippen molar-refractivity contribution in [2.75, 3.05) is 0 Å². The number of rotatable bonds is 5. The molecule has 0 aromatic rings. The van der Waals surface area contributed by atoms with E-state index in [0.717, 1.165) is 19.3 Å². The van der Waals surface area contributed by atoms with Crippen molar-refractivity contribution in [3.05, 3.63) is 0 Å². The van der Waals surface area contributed by atoms with Crippen LogP contribution in [0.15, 0.2) is 0 Å². The third-order valence-electron chi connectivity index (χ3n) is 2.93. The van der Waals surface area contributed by atoms with Gasteiger partial charge in [0, 0.05) is 4.75 Å². The summed E-state index contributed by atoms with van der Waals surface area (Å²) in [6.07, 6.45) is 2.58. The molecule has 1 N–H and O–H groups in total. The van der Waals surface area contributed by atoms with Crippen LogP contribution < -0.4 is 0 Å². The Morgan fingerprint density at radius 3 is 2.21 bits per heavy atom. The van der Waals surface area contributed by atoms with Gasteiger partial charge < -0.3 is 9.84 Å². The van der Waals surface area contributed by atoms with Gasteiger partial charge >= 0.3 is 0 Å². The number of ether oxygens (including phenoxy) is 1. The zero-order valence-electron chi connectivity index (χ0n) is 9.58. The molecule has 1 fully saturated rings. The van der Waals surface area contributed by atoms with Crippen LogP contribution in [0.4, 0.5) is 0 Å². The van der Waals surface area contributed by atoms with Gasteiger partial charge in [-0.15, -0.1) is 0 Å². The summed E-state index contributed by atoms with van der Waals surface area (Å²) in [5.41, 5.74) is 0.189. The normalized spacial score (nSPS) is 31.3. The predicted octanol–water partition coefficient (Wildman–Crippen LogP) is 2.61. The van der Waals surface area contributed by atoms with E-state index in [0.29, 0.717) is 0 Å². The maximum atomic E-state index is 9.10. The first kappa shape index (κ1) is 12.3. The molecule has 0 aromatic carbocycles. The van der Waals surface area contributed by atoms with Gasteiger partial charge in [-0.05, 0) is 24.7 Å². The SMILES string of the molecule is CCC(C)(S)CC(C)(C)CC1OC1O. The average molecular weight is 218 g/mol. The van der Waals surface area contributed by atoms with Gasteiger partial charge in [0.05, 0.1) is 0 Å². The van der Waals surface area contributed by atoms with Crippen LogP contribution in [0.25, 0.3) is 0 Å². The fourth-order valence-electron chi connectivity index (χ4n) is 2.06. The molecule has 14 heavy (non-hydrogen) atoms. The van der Waals surface area contributed by atoms with Crippen molar-refractivity contribution in [3.8, 4) is 0 Å². The molecule has 3 heteroatoms. The molecule has 84 valence electrons. The molecule has 1 aliphatic rings. The Hall–Kier alpha value is 0.270. The Bertz CT molecular complexity index is 201. The van der Waals surface area contributed by atoms with E-state index in [1.54, 1.807) is 0 Å². The molecule has 3 unspecified atom stereocenters. The topological polar surface area (TPSA) is 32.8 Å². The Kier molecular flexibility index (Phi) is 3.55. The summed E-state index contributed by atoms with van der Waals surface area (Å²) in [5.74, 6) is 0. The van der Waals surface area contributed by atoms with Crippen LogP contribution in [0.2, 0.25) is 0 Å². The Labute approximate surface area is 92.4 Å². The quantitative estimate of drug-likeness (QED) is 0.549. The van der Waals surface area contributed by atoms with Crippen molar-refractivity contribution < 1.29 is 9.84 Å². The van der Waals surface area contributed by atoms with E-state index in [-0.39, 0.29) is 16.3 Å². The molecule has 0 aliphatic carbocycles. The molecular formula is C11H22O2S. The molecule has 1 saturated heterocycles. The van der Waals surface area contributed by atoms with E-state index in [1.165, 1.54) is 0 Å².